The molecule has 0 bridgehead atoms. The predicted octanol–water partition coefficient (Wildman–Crippen LogP) is 5.41. The number of halogens is 6. The highest BCUT2D eigenvalue weighted by atomic mass is 19.4. The number of para-hydroxylation sites is 1. The molecule has 0 radical (unpaired) electrons. The molecule has 0 aromatic heterocycles. The van der Waals surface area contributed by atoms with Crippen LogP contribution in [0.3, 0.4) is 0 Å². The van der Waals surface area contributed by atoms with E-state index in [0.29, 0.717) is 37.9 Å². The van der Waals surface area contributed by atoms with Crippen LogP contribution in [0.4, 0.5) is 41.6 Å². The number of rotatable bonds is 5. The highest BCUT2D eigenvalue weighted by Gasteiger charge is 2.38. The third-order valence-corrected chi connectivity index (χ3v) is 6.89. The van der Waals surface area contributed by atoms with Crippen molar-refractivity contribution < 1.29 is 50.6 Å². The molecule has 2 aliphatic rings. The van der Waals surface area contributed by atoms with Crippen LogP contribution < -0.4 is 5.32 Å². The molecule has 216 valence electrons. The van der Waals surface area contributed by atoms with Gasteiger partial charge in [-0.25, -0.2) is 14.4 Å². The molecule has 2 aromatic carbocycles. The van der Waals surface area contributed by atoms with Crippen LogP contribution >= 0.6 is 0 Å². The molecule has 2 aromatic rings. The lowest BCUT2D eigenvalue weighted by Crippen LogP contribution is -2.50. The van der Waals surface area contributed by atoms with Gasteiger partial charge in [-0.1, -0.05) is 18.2 Å². The van der Waals surface area contributed by atoms with Crippen molar-refractivity contribution in [3.8, 4) is 0 Å². The van der Waals surface area contributed by atoms with Crippen LogP contribution in [0.5, 0.6) is 0 Å². The number of piperidine rings is 1. The number of carboxylic acids is 1. The Morgan fingerprint density at radius 3 is 2.15 bits per heavy atom. The number of ether oxygens (including phenoxy) is 1. The molecule has 40 heavy (non-hydrogen) atoms. The number of amides is 3. The average Bonchev–Trinajstić information content (AvgIpc) is 3.05. The smallest absolute Gasteiger partial charge is 0.416 e. The van der Waals surface area contributed by atoms with Gasteiger partial charge in [0.2, 0.25) is 6.10 Å². The number of carbonyl (C=O) groups is 3. The molecule has 0 saturated carbocycles. The molecule has 1 saturated heterocycles. The summed E-state index contributed by atoms with van der Waals surface area (Å²) < 4.78 is 84.0. The minimum atomic E-state index is -5.11. The first-order chi connectivity index (χ1) is 18.7. The standard InChI is InChI=1S/C26H25F6N3O5/c27-25(28,29)17-11-15(12-18(14-17)26(30,31)32)13-21(22(36)37)40-24(39)34-8-6-19(7-9-34)35-10-5-16-3-1-2-4-20(16)33-23(35)38/h1-4,11-12,14,19,21H,5-10,13H2,(H,33,38)(H,36,37). The number of carboxylic acid groups (broad SMARTS) is 1. The van der Waals surface area contributed by atoms with Gasteiger partial charge in [0.25, 0.3) is 0 Å². The first-order valence-corrected chi connectivity index (χ1v) is 12.3. The van der Waals surface area contributed by atoms with Crippen LogP contribution in [0, 0.1) is 0 Å². The van der Waals surface area contributed by atoms with Gasteiger partial charge in [-0.05, 0) is 54.7 Å². The summed E-state index contributed by atoms with van der Waals surface area (Å²) in [4.78, 5) is 40.0. The molecule has 0 spiro atoms. The van der Waals surface area contributed by atoms with Crippen molar-refractivity contribution in [1.29, 1.82) is 0 Å². The number of fused-ring (bicyclic) bond motifs is 1. The van der Waals surface area contributed by atoms with Gasteiger partial charge < -0.3 is 25.0 Å². The highest BCUT2D eigenvalue weighted by molar-refractivity contribution is 5.91. The van der Waals surface area contributed by atoms with Crippen molar-refractivity contribution in [3.05, 3.63) is 64.7 Å². The van der Waals surface area contributed by atoms with Crippen molar-refractivity contribution in [2.24, 2.45) is 0 Å². The first kappa shape index (κ1) is 29.0. The van der Waals surface area contributed by atoms with Crippen LogP contribution in [-0.4, -0.2) is 64.8 Å². The lowest BCUT2D eigenvalue weighted by Gasteiger charge is -2.37. The number of hydrogen-bond donors (Lipinski definition) is 2. The monoisotopic (exact) mass is 573 g/mol. The Hall–Kier alpha value is -3.97. The maximum Gasteiger partial charge on any atom is 0.416 e. The van der Waals surface area contributed by atoms with Gasteiger partial charge in [-0.2, -0.15) is 26.3 Å². The van der Waals surface area contributed by atoms with Gasteiger partial charge in [-0.3, -0.25) is 0 Å². The first-order valence-electron chi connectivity index (χ1n) is 12.3. The Labute approximate surface area is 224 Å². The average molecular weight is 573 g/mol. The number of nitrogens with zero attached hydrogens (tertiary/aromatic N) is 2. The summed E-state index contributed by atoms with van der Waals surface area (Å²) in [5, 5.41) is 12.4. The highest BCUT2D eigenvalue weighted by Crippen LogP contribution is 2.36. The second-order valence-corrected chi connectivity index (χ2v) is 9.58. The quantitative estimate of drug-likeness (QED) is 0.466. The van der Waals surface area contributed by atoms with Gasteiger partial charge in [0.05, 0.1) is 11.1 Å². The zero-order valence-corrected chi connectivity index (χ0v) is 20.9. The summed E-state index contributed by atoms with van der Waals surface area (Å²) in [7, 11) is 0. The van der Waals surface area contributed by atoms with E-state index in [-0.39, 0.29) is 31.2 Å². The molecular weight excluding hydrogens is 548 g/mol. The van der Waals surface area contributed by atoms with Gasteiger partial charge in [-0.15, -0.1) is 0 Å². The number of alkyl halides is 6. The van der Waals surface area contributed by atoms with E-state index >= 15 is 0 Å². The molecule has 4 rings (SSSR count). The second kappa shape index (κ2) is 11.3. The Morgan fingerprint density at radius 1 is 0.975 bits per heavy atom. The molecular formula is C26H25F6N3O5. The van der Waals surface area contributed by atoms with E-state index in [1.165, 1.54) is 4.90 Å². The summed E-state index contributed by atoms with van der Waals surface area (Å²) in [6.45, 7) is 0.665. The normalized spacial score (nSPS) is 17.5. The molecule has 2 aliphatic heterocycles. The Kier molecular flexibility index (Phi) is 8.17. The number of urea groups is 1. The predicted molar refractivity (Wildman–Crippen MR) is 129 cm³/mol. The van der Waals surface area contributed by atoms with E-state index in [0.717, 1.165) is 11.3 Å². The van der Waals surface area contributed by atoms with E-state index in [9.17, 15) is 45.8 Å². The van der Waals surface area contributed by atoms with Crippen LogP contribution in [-0.2, 0) is 34.7 Å². The number of nitrogens with one attached hydrogen (secondary N) is 1. The zero-order valence-electron chi connectivity index (χ0n) is 20.9. The topological polar surface area (TPSA) is 99.2 Å². The summed E-state index contributed by atoms with van der Waals surface area (Å²) in [6, 6.07) is 7.64. The Bertz CT molecular complexity index is 1240. The van der Waals surface area contributed by atoms with E-state index in [2.05, 4.69) is 5.32 Å². The number of anilines is 1. The molecule has 0 aliphatic carbocycles. The Morgan fingerprint density at radius 2 is 1.57 bits per heavy atom. The second-order valence-electron chi connectivity index (χ2n) is 9.58. The van der Waals surface area contributed by atoms with Gasteiger partial charge >= 0.3 is 30.4 Å². The molecule has 1 atom stereocenters. The Balaban J connectivity index is 1.39. The fraction of sp³-hybridized carbons (Fsp3) is 0.423. The van der Waals surface area contributed by atoms with E-state index < -0.39 is 53.6 Å². The van der Waals surface area contributed by atoms with Crippen molar-refractivity contribution in [2.45, 2.75) is 50.2 Å². The summed E-state index contributed by atoms with van der Waals surface area (Å²) in [5.41, 5.74) is -2.10. The van der Waals surface area contributed by atoms with Gasteiger partial charge in [0, 0.05) is 37.8 Å². The van der Waals surface area contributed by atoms with Crippen molar-refractivity contribution in [1.82, 2.24) is 9.80 Å². The van der Waals surface area contributed by atoms with Gasteiger partial charge in [0.1, 0.15) is 0 Å². The number of benzene rings is 2. The summed E-state index contributed by atoms with van der Waals surface area (Å²) in [5.74, 6) is -1.73. The van der Waals surface area contributed by atoms with Crippen LogP contribution in [0.2, 0.25) is 0 Å². The summed E-state index contributed by atoms with van der Waals surface area (Å²) in [6.07, 6.45) is -12.9. The van der Waals surface area contributed by atoms with Crippen molar-refractivity contribution in [3.63, 3.8) is 0 Å². The van der Waals surface area contributed by atoms with Crippen molar-refractivity contribution in [2.75, 3.05) is 25.0 Å². The van der Waals surface area contributed by atoms with E-state index in [1.54, 1.807) is 11.0 Å². The third kappa shape index (κ3) is 6.77. The largest absolute Gasteiger partial charge is 0.478 e. The molecule has 8 nitrogen and oxygen atoms in total. The molecule has 14 heteroatoms. The lowest BCUT2D eigenvalue weighted by atomic mass is 10.0. The van der Waals surface area contributed by atoms with E-state index in [1.807, 2.05) is 18.2 Å². The lowest BCUT2D eigenvalue weighted by molar-refractivity contribution is -0.147. The molecule has 1 fully saturated rings. The molecule has 3 amide bonds. The minimum Gasteiger partial charge on any atom is -0.478 e. The van der Waals surface area contributed by atoms with Crippen LogP contribution in [0.1, 0.15) is 35.1 Å². The maximum atomic E-state index is 13.2. The van der Waals surface area contributed by atoms with Crippen molar-refractivity contribution >= 4 is 23.8 Å². The zero-order chi connectivity index (χ0) is 29.2. The number of hydrogen-bond acceptors (Lipinski definition) is 4. The third-order valence-electron chi connectivity index (χ3n) is 6.89. The SMILES string of the molecule is O=C(O)C(Cc1cc(C(F)(F)F)cc(C(F)(F)F)c1)OC(=O)N1CCC(N2CCc3ccccc3NC2=O)CC1. The fourth-order valence-electron chi connectivity index (χ4n) is 4.83. The minimum absolute atomic E-state index is 0.0707. The molecule has 1 unspecified atom stereocenters. The number of carbonyl (C=O) groups excluding carboxylic acids is 2. The number of likely N-dealkylation sites (tertiary alicyclic amines) is 1. The van der Waals surface area contributed by atoms with E-state index in [4.69, 9.17) is 4.74 Å². The van der Waals surface area contributed by atoms with Crippen LogP contribution in [0.15, 0.2) is 42.5 Å². The van der Waals surface area contributed by atoms with Gasteiger partial charge in [0.15, 0.2) is 0 Å². The molecule has 2 heterocycles. The maximum absolute atomic E-state index is 13.2. The molecule has 2 N–H and O–H groups in total. The number of aliphatic carboxylic acids is 1. The summed E-state index contributed by atoms with van der Waals surface area (Å²) >= 11 is 0. The van der Waals surface area contributed by atoms with Crippen LogP contribution in [0.25, 0.3) is 0 Å². The fourth-order valence-corrected chi connectivity index (χ4v) is 4.83.